The fourth-order valence-electron chi connectivity index (χ4n) is 4.66. The molecule has 1 aliphatic rings. The minimum absolute atomic E-state index is 0.134. The van der Waals surface area contributed by atoms with Crippen molar-refractivity contribution >= 4 is 34.2 Å². The van der Waals surface area contributed by atoms with Gasteiger partial charge in [-0.2, -0.15) is 15.1 Å². The van der Waals surface area contributed by atoms with E-state index in [1.807, 2.05) is 18.7 Å². The number of hydrogen-bond donors (Lipinski definition) is 2. The molecule has 1 amide bonds. The number of anilines is 1. The number of amides is 1. The first-order chi connectivity index (χ1) is 18.2. The number of nitrogens with zero attached hydrogens (tertiary/aromatic N) is 5. The number of carbonyl (C=O) groups is 1. The van der Waals surface area contributed by atoms with Crippen molar-refractivity contribution in [3.05, 3.63) is 66.0 Å². The third-order valence-corrected chi connectivity index (χ3v) is 6.78. The summed E-state index contributed by atoms with van der Waals surface area (Å²) >= 11 is 6.50. The lowest BCUT2D eigenvalue weighted by Crippen LogP contribution is -2.58. The molecule has 2 atom stereocenters. The quantitative estimate of drug-likeness (QED) is 0.341. The SMILES string of the molecule is C=CC(=O)N1C[C@H](C)N(c2nc(Oc3cn[nH]c3)nc3c(F)c(-c4c(O)cccc4F)c(Cl)cc23)C[C@H]1C. The number of aromatic nitrogens is 4. The highest BCUT2D eigenvalue weighted by molar-refractivity contribution is 6.34. The number of aromatic amines is 1. The van der Waals surface area contributed by atoms with Gasteiger partial charge in [0.05, 0.1) is 23.0 Å². The normalized spacial score (nSPS) is 17.6. The second-order valence-corrected chi connectivity index (χ2v) is 9.40. The number of H-pyrrole nitrogens is 1. The zero-order chi connectivity index (χ0) is 27.1. The monoisotopic (exact) mass is 540 g/mol. The van der Waals surface area contributed by atoms with Gasteiger partial charge in [0.2, 0.25) is 5.91 Å². The molecule has 3 heterocycles. The molecule has 0 radical (unpaired) electrons. The van der Waals surface area contributed by atoms with Crippen molar-refractivity contribution in [2.45, 2.75) is 25.9 Å². The smallest absolute Gasteiger partial charge is 0.324 e. The predicted molar refractivity (Wildman–Crippen MR) is 138 cm³/mol. The highest BCUT2D eigenvalue weighted by Gasteiger charge is 2.34. The summed E-state index contributed by atoms with van der Waals surface area (Å²) in [5.41, 5.74) is -0.899. The van der Waals surface area contributed by atoms with Crippen molar-refractivity contribution in [2.24, 2.45) is 0 Å². The van der Waals surface area contributed by atoms with Gasteiger partial charge in [-0.3, -0.25) is 9.89 Å². The molecule has 1 aliphatic heterocycles. The fourth-order valence-corrected chi connectivity index (χ4v) is 4.95. The van der Waals surface area contributed by atoms with Crippen molar-refractivity contribution in [2.75, 3.05) is 18.0 Å². The van der Waals surface area contributed by atoms with Gasteiger partial charge in [0.25, 0.3) is 0 Å². The van der Waals surface area contributed by atoms with Crippen LogP contribution in [-0.2, 0) is 4.79 Å². The van der Waals surface area contributed by atoms with E-state index in [1.165, 1.54) is 36.7 Å². The lowest BCUT2D eigenvalue weighted by Gasteiger charge is -2.44. The van der Waals surface area contributed by atoms with Gasteiger partial charge < -0.3 is 19.6 Å². The second-order valence-electron chi connectivity index (χ2n) is 8.99. The molecular formula is C26H23ClF2N6O3. The average Bonchev–Trinajstić information content (AvgIpc) is 3.39. The molecule has 2 aromatic carbocycles. The largest absolute Gasteiger partial charge is 0.507 e. The second kappa shape index (κ2) is 9.90. The Morgan fingerprint density at radius 2 is 2.03 bits per heavy atom. The van der Waals surface area contributed by atoms with Crippen LogP contribution in [0.5, 0.6) is 17.5 Å². The minimum atomic E-state index is -0.949. The van der Waals surface area contributed by atoms with Crippen LogP contribution in [-0.4, -0.2) is 61.3 Å². The first-order valence-corrected chi connectivity index (χ1v) is 12.1. The molecule has 0 aliphatic carbocycles. The minimum Gasteiger partial charge on any atom is -0.507 e. The zero-order valence-electron chi connectivity index (χ0n) is 20.5. The molecule has 196 valence electrons. The number of phenolic OH excluding ortho intramolecular Hbond substituents is 1. The number of hydrogen-bond acceptors (Lipinski definition) is 7. The van der Waals surface area contributed by atoms with Gasteiger partial charge >= 0.3 is 6.01 Å². The van der Waals surface area contributed by atoms with Crippen molar-refractivity contribution in [1.82, 2.24) is 25.1 Å². The number of piperazine rings is 1. The van der Waals surface area contributed by atoms with E-state index < -0.39 is 17.4 Å². The maximum atomic E-state index is 16.2. The van der Waals surface area contributed by atoms with Gasteiger partial charge in [0, 0.05) is 36.1 Å². The summed E-state index contributed by atoms with van der Waals surface area (Å²) < 4.78 is 36.6. The van der Waals surface area contributed by atoms with Gasteiger partial charge in [-0.25, -0.2) is 8.78 Å². The van der Waals surface area contributed by atoms with Crippen LogP contribution in [0.1, 0.15) is 13.8 Å². The van der Waals surface area contributed by atoms with Crippen LogP contribution in [0.15, 0.2) is 49.3 Å². The number of ether oxygens (including phenoxy) is 1. The summed E-state index contributed by atoms with van der Waals surface area (Å²) in [4.78, 5) is 24.8. The van der Waals surface area contributed by atoms with Crippen LogP contribution in [0.25, 0.3) is 22.0 Å². The van der Waals surface area contributed by atoms with Crippen molar-refractivity contribution in [1.29, 1.82) is 0 Å². The van der Waals surface area contributed by atoms with Gasteiger partial charge in [0.1, 0.15) is 22.9 Å². The molecular weight excluding hydrogens is 518 g/mol. The number of halogens is 3. The number of fused-ring (bicyclic) bond motifs is 1. The Hall–Kier alpha value is -4.25. The Balaban J connectivity index is 1.71. The Bertz CT molecular complexity index is 1530. The van der Waals surface area contributed by atoms with E-state index in [9.17, 15) is 14.3 Å². The van der Waals surface area contributed by atoms with Crippen molar-refractivity contribution < 1.29 is 23.4 Å². The van der Waals surface area contributed by atoms with E-state index >= 15 is 4.39 Å². The first kappa shape index (κ1) is 25.4. The van der Waals surface area contributed by atoms with Gasteiger partial charge in [0.15, 0.2) is 11.6 Å². The standard InChI is InChI=1S/C26H23ClF2N6O3/c1-4-20(37)34-11-14(3)35(12-13(34)2)25-16-8-17(27)21(22-18(28)6-5-7-19(22)36)23(29)24(16)32-26(33-25)38-15-9-30-31-10-15/h4-10,13-14,36H,1,11-12H2,2-3H3,(H,30,31)/t13-,14+/m1/s1. The highest BCUT2D eigenvalue weighted by Crippen LogP contribution is 2.43. The number of nitrogens with one attached hydrogen (secondary N) is 1. The highest BCUT2D eigenvalue weighted by atomic mass is 35.5. The lowest BCUT2D eigenvalue weighted by atomic mass is 10.0. The molecule has 9 nitrogen and oxygen atoms in total. The summed E-state index contributed by atoms with van der Waals surface area (Å²) in [5.74, 6) is -1.85. The molecule has 4 aromatic rings. The molecule has 1 fully saturated rings. The maximum absolute atomic E-state index is 16.2. The fraction of sp³-hybridized carbons (Fsp3) is 0.231. The summed E-state index contributed by atoms with van der Waals surface area (Å²) in [6, 6.07) is 4.46. The topological polar surface area (TPSA) is 107 Å². The van der Waals surface area contributed by atoms with Crippen LogP contribution in [0.2, 0.25) is 5.02 Å². The predicted octanol–water partition coefficient (Wildman–Crippen LogP) is 5.06. The van der Waals surface area contributed by atoms with E-state index in [2.05, 4.69) is 26.7 Å². The number of carbonyl (C=O) groups excluding carboxylic acids is 1. The summed E-state index contributed by atoms with van der Waals surface area (Å²) in [5, 5.41) is 16.9. The Kier molecular flexibility index (Phi) is 6.62. The lowest BCUT2D eigenvalue weighted by molar-refractivity contribution is -0.128. The van der Waals surface area contributed by atoms with Crippen LogP contribution in [0.4, 0.5) is 14.6 Å². The molecule has 1 saturated heterocycles. The summed E-state index contributed by atoms with van der Waals surface area (Å²) in [7, 11) is 0. The summed E-state index contributed by atoms with van der Waals surface area (Å²) in [6.45, 7) is 8.11. The maximum Gasteiger partial charge on any atom is 0.324 e. The molecule has 12 heteroatoms. The third-order valence-electron chi connectivity index (χ3n) is 6.48. The first-order valence-electron chi connectivity index (χ1n) is 11.7. The van der Waals surface area contributed by atoms with E-state index in [1.54, 1.807) is 4.90 Å². The van der Waals surface area contributed by atoms with Gasteiger partial charge in [-0.15, -0.1) is 0 Å². The molecule has 5 rings (SSSR count). The molecule has 0 unspecified atom stereocenters. The molecule has 38 heavy (non-hydrogen) atoms. The van der Waals surface area contributed by atoms with Crippen molar-refractivity contribution in [3.63, 3.8) is 0 Å². The summed E-state index contributed by atoms with van der Waals surface area (Å²) in [6.07, 6.45) is 4.14. The van der Waals surface area contributed by atoms with E-state index in [0.717, 1.165) is 6.07 Å². The molecule has 2 N–H and O–H groups in total. The van der Waals surface area contributed by atoms with E-state index in [0.29, 0.717) is 24.7 Å². The molecule has 2 aromatic heterocycles. The Labute approximate surface area is 221 Å². The van der Waals surface area contributed by atoms with E-state index in [-0.39, 0.29) is 51.1 Å². The zero-order valence-corrected chi connectivity index (χ0v) is 21.2. The van der Waals surface area contributed by atoms with Gasteiger partial charge in [-0.1, -0.05) is 24.2 Å². The van der Waals surface area contributed by atoms with Crippen molar-refractivity contribution in [3.8, 4) is 28.6 Å². The number of rotatable bonds is 5. The van der Waals surface area contributed by atoms with Gasteiger partial charge in [-0.05, 0) is 38.1 Å². The Morgan fingerprint density at radius 1 is 1.24 bits per heavy atom. The molecule has 0 bridgehead atoms. The van der Waals surface area contributed by atoms with E-state index in [4.69, 9.17) is 16.3 Å². The van der Waals surface area contributed by atoms with Crippen LogP contribution in [0, 0.1) is 11.6 Å². The van der Waals surface area contributed by atoms with Crippen LogP contribution < -0.4 is 9.64 Å². The molecule has 0 spiro atoms. The average molecular weight is 541 g/mol. The van der Waals surface area contributed by atoms with Crippen LogP contribution in [0.3, 0.4) is 0 Å². The number of phenols is 1. The number of benzene rings is 2. The number of aromatic hydroxyl groups is 1. The van der Waals surface area contributed by atoms with Crippen LogP contribution >= 0.6 is 11.6 Å². The Morgan fingerprint density at radius 3 is 2.71 bits per heavy atom. The third kappa shape index (κ3) is 4.38. The molecule has 0 saturated carbocycles.